The van der Waals surface area contributed by atoms with Gasteiger partial charge in [-0.3, -0.25) is 9.67 Å². The highest BCUT2D eigenvalue weighted by Crippen LogP contribution is 2.34. The van der Waals surface area contributed by atoms with Gasteiger partial charge >= 0.3 is 0 Å². The van der Waals surface area contributed by atoms with Crippen molar-refractivity contribution in [3.8, 4) is 28.4 Å². The Morgan fingerprint density at radius 3 is 2.77 bits per heavy atom. The van der Waals surface area contributed by atoms with E-state index in [0.29, 0.717) is 28.9 Å². The normalized spacial score (nSPS) is 25.4. The van der Waals surface area contributed by atoms with Crippen LogP contribution in [0.1, 0.15) is 19.3 Å². The van der Waals surface area contributed by atoms with Crippen molar-refractivity contribution >= 4 is 5.82 Å². The fourth-order valence-corrected chi connectivity index (χ4v) is 4.52. The van der Waals surface area contributed by atoms with Gasteiger partial charge in [-0.05, 0) is 31.4 Å². The molecule has 5 rings (SSSR count). The number of piperidine rings is 1. The lowest BCUT2D eigenvalue weighted by Crippen LogP contribution is -2.55. The van der Waals surface area contributed by atoms with Crippen LogP contribution in [0.2, 0.25) is 0 Å². The first-order valence-corrected chi connectivity index (χ1v) is 10.1. The van der Waals surface area contributed by atoms with Gasteiger partial charge in [0.15, 0.2) is 5.82 Å². The van der Waals surface area contributed by atoms with Gasteiger partial charge in [-0.1, -0.05) is 6.07 Å². The van der Waals surface area contributed by atoms with Gasteiger partial charge < -0.3 is 15.3 Å². The molecule has 156 valence electrons. The number of nitrogens with one attached hydrogen (secondary N) is 1. The SMILES string of the molecule is CN(c1cnc(-c2ccc(-c3ncn(C)n3)cc2O)cn1)[C@@H]1CC2CCC(N2)[C@@H]1F. The van der Waals surface area contributed by atoms with Gasteiger partial charge in [0, 0.05) is 37.3 Å². The zero-order valence-electron chi connectivity index (χ0n) is 16.9. The van der Waals surface area contributed by atoms with Crippen LogP contribution in [-0.4, -0.2) is 61.2 Å². The van der Waals surface area contributed by atoms with Crippen molar-refractivity contribution in [2.24, 2.45) is 7.05 Å². The summed E-state index contributed by atoms with van der Waals surface area (Å²) in [4.78, 5) is 15.1. The number of rotatable bonds is 4. The van der Waals surface area contributed by atoms with Crippen molar-refractivity contribution in [3.63, 3.8) is 0 Å². The van der Waals surface area contributed by atoms with Gasteiger partial charge in [0.2, 0.25) is 0 Å². The molecule has 0 aliphatic carbocycles. The number of aromatic nitrogens is 5. The first-order valence-electron chi connectivity index (χ1n) is 10.1. The van der Waals surface area contributed by atoms with Gasteiger partial charge in [0.25, 0.3) is 0 Å². The van der Waals surface area contributed by atoms with E-state index in [1.165, 1.54) is 0 Å². The Morgan fingerprint density at radius 2 is 2.07 bits per heavy atom. The smallest absolute Gasteiger partial charge is 0.181 e. The Balaban J connectivity index is 1.36. The second-order valence-electron chi connectivity index (χ2n) is 8.14. The second-order valence-corrected chi connectivity index (χ2v) is 8.14. The molecule has 2 aliphatic rings. The van der Waals surface area contributed by atoms with Gasteiger partial charge in [0.05, 0.1) is 24.1 Å². The number of fused-ring (bicyclic) bond motifs is 2. The average Bonchev–Trinajstić information content (AvgIpc) is 3.37. The van der Waals surface area contributed by atoms with Gasteiger partial charge in [-0.2, -0.15) is 5.10 Å². The molecule has 2 saturated heterocycles. The molecule has 2 bridgehead atoms. The molecule has 3 aromatic rings. The van der Waals surface area contributed by atoms with Gasteiger partial charge in [-0.15, -0.1) is 0 Å². The molecule has 4 atom stereocenters. The van der Waals surface area contributed by atoms with E-state index in [4.69, 9.17) is 0 Å². The Bertz CT molecular complexity index is 1050. The highest BCUT2D eigenvalue weighted by molar-refractivity contribution is 5.71. The summed E-state index contributed by atoms with van der Waals surface area (Å²) in [6.07, 6.45) is 6.63. The maximum atomic E-state index is 14.9. The first kappa shape index (κ1) is 18.9. The lowest BCUT2D eigenvalue weighted by molar-refractivity contribution is 0.176. The van der Waals surface area contributed by atoms with Crippen LogP contribution in [0.4, 0.5) is 10.2 Å². The lowest BCUT2D eigenvalue weighted by Gasteiger charge is -2.38. The van der Waals surface area contributed by atoms with Crippen LogP contribution in [0.25, 0.3) is 22.6 Å². The summed E-state index contributed by atoms with van der Waals surface area (Å²) in [6, 6.07) is 5.34. The minimum Gasteiger partial charge on any atom is -0.507 e. The minimum absolute atomic E-state index is 0.0625. The summed E-state index contributed by atoms with van der Waals surface area (Å²) in [5, 5.41) is 18.1. The Hall–Kier alpha value is -3.07. The summed E-state index contributed by atoms with van der Waals surface area (Å²) in [7, 11) is 3.66. The van der Waals surface area contributed by atoms with E-state index in [1.807, 2.05) is 18.0 Å². The van der Waals surface area contributed by atoms with E-state index in [1.54, 1.807) is 42.6 Å². The highest BCUT2D eigenvalue weighted by atomic mass is 19.1. The van der Waals surface area contributed by atoms with Crippen LogP contribution in [-0.2, 0) is 7.05 Å². The van der Waals surface area contributed by atoms with Crippen LogP contribution >= 0.6 is 0 Å². The quantitative estimate of drug-likeness (QED) is 0.683. The van der Waals surface area contributed by atoms with Crippen molar-refractivity contribution in [2.75, 3.05) is 11.9 Å². The fraction of sp³-hybridized carbons (Fsp3) is 0.429. The zero-order valence-corrected chi connectivity index (χ0v) is 16.9. The van der Waals surface area contributed by atoms with E-state index in [9.17, 15) is 9.50 Å². The van der Waals surface area contributed by atoms with Crippen LogP contribution < -0.4 is 10.2 Å². The molecule has 4 heterocycles. The summed E-state index contributed by atoms with van der Waals surface area (Å²) < 4.78 is 16.5. The van der Waals surface area contributed by atoms with Crippen molar-refractivity contribution in [3.05, 3.63) is 36.9 Å². The van der Waals surface area contributed by atoms with E-state index in [0.717, 1.165) is 24.8 Å². The summed E-state index contributed by atoms with van der Waals surface area (Å²) in [5.41, 5.74) is 1.84. The van der Waals surface area contributed by atoms with Crippen molar-refractivity contribution in [1.29, 1.82) is 0 Å². The van der Waals surface area contributed by atoms with Crippen molar-refractivity contribution < 1.29 is 9.50 Å². The Morgan fingerprint density at radius 1 is 1.20 bits per heavy atom. The predicted molar refractivity (Wildman–Crippen MR) is 111 cm³/mol. The first-order chi connectivity index (χ1) is 14.5. The maximum absolute atomic E-state index is 14.9. The van der Waals surface area contributed by atoms with E-state index in [-0.39, 0.29) is 17.8 Å². The van der Waals surface area contributed by atoms with Crippen molar-refractivity contribution in [1.82, 2.24) is 30.0 Å². The van der Waals surface area contributed by atoms with Gasteiger partial charge in [-0.25, -0.2) is 14.4 Å². The molecule has 2 aliphatic heterocycles. The number of aromatic hydroxyl groups is 1. The molecule has 0 radical (unpaired) electrons. The van der Waals surface area contributed by atoms with Crippen LogP contribution in [0.15, 0.2) is 36.9 Å². The number of phenolic OH excluding ortho intramolecular Hbond substituents is 1. The highest BCUT2D eigenvalue weighted by Gasteiger charge is 2.43. The molecule has 8 nitrogen and oxygen atoms in total. The largest absolute Gasteiger partial charge is 0.507 e. The van der Waals surface area contributed by atoms with E-state index >= 15 is 0 Å². The molecular weight excluding hydrogens is 385 g/mol. The van der Waals surface area contributed by atoms with E-state index < -0.39 is 6.17 Å². The summed E-state index contributed by atoms with van der Waals surface area (Å²) >= 11 is 0. The maximum Gasteiger partial charge on any atom is 0.181 e. The molecule has 9 heteroatoms. The molecule has 2 fully saturated rings. The minimum atomic E-state index is -0.924. The third-order valence-electron chi connectivity index (χ3n) is 6.18. The second kappa shape index (κ2) is 7.32. The number of benzene rings is 1. The van der Waals surface area contributed by atoms with Crippen molar-refractivity contribution in [2.45, 2.75) is 43.6 Å². The molecule has 1 aromatic carbocycles. The monoisotopic (exact) mass is 409 g/mol. The molecule has 0 saturated carbocycles. The van der Waals surface area contributed by atoms with Crippen LogP contribution in [0, 0.1) is 0 Å². The van der Waals surface area contributed by atoms with E-state index in [2.05, 4.69) is 25.4 Å². The summed E-state index contributed by atoms with van der Waals surface area (Å²) in [5.74, 6) is 1.25. The molecular formula is C21H24FN7O. The zero-order chi connectivity index (χ0) is 20.8. The molecule has 2 N–H and O–H groups in total. The molecule has 2 aromatic heterocycles. The van der Waals surface area contributed by atoms with Crippen LogP contribution in [0.3, 0.4) is 0 Å². The topological polar surface area (TPSA) is 92.0 Å². The number of nitrogens with zero attached hydrogens (tertiary/aromatic N) is 6. The third kappa shape index (κ3) is 3.28. The molecule has 2 unspecified atom stereocenters. The number of aryl methyl sites for hydroxylation is 1. The lowest BCUT2D eigenvalue weighted by atomic mass is 9.96. The number of hydrogen-bond donors (Lipinski definition) is 2. The van der Waals surface area contributed by atoms with Crippen LogP contribution in [0.5, 0.6) is 5.75 Å². The number of phenols is 1. The molecule has 30 heavy (non-hydrogen) atoms. The number of halogens is 1. The number of anilines is 1. The third-order valence-corrected chi connectivity index (χ3v) is 6.18. The fourth-order valence-electron chi connectivity index (χ4n) is 4.52. The number of alkyl halides is 1. The van der Waals surface area contributed by atoms with Gasteiger partial charge in [0.1, 0.15) is 24.1 Å². The average molecular weight is 409 g/mol. The summed E-state index contributed by atoms with van der Waals surface area (Å²) in [6.45, 7) is 0. The molecule has 0 amide bonds. The number of hydrogen-bond acceptors (Lipinski definition) is 7. The Kier molecular flexibility index (Phi) is 4.62. The standard InChI is InChI=1S/C21H24FN7O/c1-28-11-25-21(27-28)12-3-5-14(18(30)7-12)16-9-24-19(10-23-16)29(2)17-8-13-4-6-15(26-13)20(17)22/h3,5,7,9-11,13,15,17,20,26,30H,4,6,8H2,1-2H3/t13?,15?,17-,20+/m1/s1. The predicted octanol–water partition coefficient (Wildman–Crippen LogP) is 2.31. The molecule has 0 spiro atoms. The Labute approximate surface area is 173 Å².